The van der Waals surface area contributed by atoms with Crippen molar-refractivity contribution in [2.24, 2.45) is 0 Å². The molecule has 1 aliphatic rings. The number of ether oxygens (including phenoxy) is 1. The molecule has 0 atom stereocenters. The van der Waals surface area contributed by atoms with Crippen LogP contribution in [-0.2, 0) is 22.4 Å². The highest BCUT2D eigenvalue weighted by Gasteiger charge is 2.21. The van der Waals surface area contributed by atoms with E-state index in [2.05, 4.69) is 19.1 Å². The number of thioether (sulfide) groups is 1. The van der Waals surface area contributed by atoms with Crippen LogP contribution in [0.5, 0.6) is 0 Å². The monoisotopic (exact) mass is 362 g/mol. The van der Waals surface area contributed by atoms with Crippen LogP contribution in [0.4, 0.5) is 0 Å². The minimum Gasteiger partial charge on any atom is -0.466 e. The van der Waals surface area contributed by atoms with Crippen LogP contribution in [0.15, 0.2) is 17.0 Å². The molecule has 0 aliphatic heterocycles. The van der Waals surface area contributed by atoms with Gasteiger partial charge in [0.05, 0.1) is 6.61 Å². The van der Waals surface area contributed by atoms with Gasteiger partial charge in [-0.15, -0.1) is 11.8 Å². The maximum absolute atomic E-state index is 12.0. The first kappa shape index (κ1) is 20.0. The zero-order valence-electron chi connectivity index (χ0n) is 15.6. The predicted octanol–water partition coefficient (Wildman–Crippen LogP) is 5.37. The average Bonchev–Trinajstić information content (AvgIpc) is 2.96. The predicted molar refractivity (Wildman–Crippen MR) is 104 cm³/mol. The van der Waals surface area contributed by atoms with E-state index in [1.807, 2.05) is 6.92 Å². The Hall–Kier alpha value is -1.29. The van der Waals surface area contributed by atoms with Gasteiger partial charge >= 0.3 is 5.97 Å². The molecule has 2 rings (SSSR count). The van der Waals surface area contributed by atoms with Crippen molar-refractivity contribution in [3.05, 3.63) is 28.8 Å². The number of rotatable bonds is 11. The lowest BCUT2D eigenvalue weighted by Gasteiger charge is -2.12. The van der Waals surface area contributed by atoms with Crippen LogP contribution in [0.25, 0.3) is 0 Å². The first-order valence-electron chi connectivity index (χ1n) is 9.63. The van der Waals surface area contributed by atoms with E-state index in [0.29, 0.717) is 19.4 Å². The van der Waals surface area contributed by atoms with E-state index < -0.39 is 0 Å². The van der Waals surface area contributed by atoms with Crippen molar-refractivity contribution in [3.8, 4) is 0 Å². The van der Waals surface area contributed by atoms with E-state index in [9.17, 15) is 9.59 Å². The molecular weight excluding hydrogens is 332 g/mol. The third-order valence-corrected chi connectivity index (χ3v) is 5.78. The van der Waals surface area contributed by atoms with Crippen molar-refractivity contribution in [3.63, 3.8) is 0 Å². The maximum Gasteiger partial charge on any atom is 0.305 e. The van der Waals surface area contributed by atoms with E-state index in [1.54, 1.807) is 11.8 Å². The summed E-state index contributed by atoms with van der Waals surface area (Å²) in [5, 5.41) is 0. The third kappa shape index (κ3) is 6.18. The number of hydrogen-bond donors (Lipinski definition) is 0. The van der Waals surface area contributed by atoms with Crippen molar-refractivity contribution >= 4 is 23.5 Å². The van der Waals surface area contributed by atoms with Crippen LogP contribution in [0.3, 0.4) is 0 Å². The number of hydrogen-bond acceptors (Lipinski definition) is 4. The number of carbonyl (C=O) groups is 2. The number of carbonyl (C=O) groups excluding carboxylic acids is 2. The molecule has 25 heavy (non-hydrogen) atoms. The minimum atomic E-state index is -0.118. The number of unbranched alkanes of at least 4 members (excludes halogenated alkanes) is 3. The molecule has 3 nitrogen and oxygen atoms in total. The number of fused-ring (bicyclic) bond motifs is 1. The summed E-state index contributed by atoms with van der Waals surface area (Å²) in [6, 6.07) is 4.37. The first-order chi connectivity index (χ1) is 12.2. The SMILES string of the molecule is CCCCCCc1cc2c(cc1SCCCC(=O)OCC)C(=O)CC2. The second-order valence-corrected chi connectivity index (χ2v) is 7.74. The molecule has 0 bridgehead atoms. The van der Waals surface area contributed by atoms with Crippen LogP contribution in [-0.4, -0.2) is 24.1 Å². The Kier molecular flexibility index (Phi) is 8.53. The fourth-order valence-corrected chi connectivity index (χ4v) is 4.28. The molecule has 0 heterocycles. The van der Waals surface area contributed by atoms with Gasteiger partial charge in [0, 0.05) is 23.3 Å². The van der Waals surface area contributed by atoms with E-state index in [-0.39, 0.29) is 11.8 Å². The minimum absolute atomic E-state index is 0.118. The Morgan fingerprint density at radius 1 is 1.12 bits per heavy atom. The second-order valence-electron chi connectivity index (χ2n) is 6.61. The molecular formula is C21H30O3S. The van der Waals surface area contributed by atoms with Crippen LogP contribution in [0.2, 0.25) is 0 Å². The zero-order valence-corrected chi connectivity index (χ0v) is 16.4. The van der Waals surface area contributed by atoms with E-state index in [4.69, 9.17) is 4.74 Å². The van der Waals surface area contributed by atoms with E-state index in [0.717, 1.165) is 30.6 Å². The number of ketones is 1. The standard InChI is InChI=1S/C21H30O3S/c1-3-5-6-7-9-17-14-16-11-12-19(22)18(16)15-20(17)25-13-8-10-21(23)24-4-2/h14-15H,3-13H2,1-2H3. The van der Waals surface area contributed by atoms with Crippen molar-refractivity contribution in [2.45, 2.75) is 76.5 Å². The lowest BCUT2D eigenvalue weighted by atomic mass is 10.0. The Morgan fingerprint density at radius 3 is 2.72 bits per heavy atom. The fraction of sp³-hybridized carbons (Fsp3) is 0.619. The lowest BCUT2D eigenvalue weighted by Crippen LogP contribution is -2.04. The summed E-state index contributed by atoms with van der Waals surface area (Å²) in [5.74, 6) is 1.04. The maximum atomic E-state index is 12.0. The first-order valence-corrected chi connectivity index (χ1v) is 10.6. The molecule has 0 N–H and O–H groups in total. The molecule has 0 aromatic heterocycles. The molecule has 0 radical (unpaired) electrons. The molecule has 0 saturated carbocycles. The molecule has 138 valence electrons. The Balaban J connectivity index is 1.97. The fourth-order valence-electron chi connectivity index (χ4n) is 3.23. The van der Waals surface area contributed by atoms with E-state index in [1.165, 1.54) is 41.7 Å². The molecule has 0 spiro atoms. The van der Waals surface area contributed by atoms with Crippen LogP contribution < -0.4 is 0 Å². The van der Waals surface area contributed by atoms with Crippen molar-refractivity contribution in [1.82, 2.24) is 0 Å². The van der Waals surface area contributed by atoms with Gasteiger partial charge in [-0.3, -0.25) is 9.59 Å². The van der Waals surface area contributed by atoms with Gasteiger partial charge in [0.1, 0.15) is 0 Å². The number of aryl methyl sites for hydroxylation is 2. The number of esters is 1. The van der Waals surface area contributed by atoms with Crippen molar-refractivity contribution < 1.29 is 14.3 Å². The van der Waals surface area contributed by atoms with Gasteiger partial charge in [0.25, 0.3) is 0 Å². The van der Waals surface area contributed by atoms with Gasteiger partial charge in [-0.05, 0) is 55.6 Å². The Morgan fingerprint density at radius 2 is 1.96 bits per heavy atom. The van der Waals surface area contributed by atoms with E-state index >= 15 is 0 Å². The third-order valence-electron chi connectivity index (χ3n) is 4.60. The molecule has 0 amide bonds. The smallest absolute Gasteiger partial charge is 0.305 e. The van der Waals surface area contributed by atoms with Gasteiger partial charge in [-0.25, -0.2) is 0 Å². The lowest BCUT2D eigenvalue weighted by molar-refractivity contribution is -0.143. The highest BCUT2D eigenvalue weighted by Crippen LogP contribution is 2.32. The molecule has 0 fully saturated rings. The second kappa shape index (κ2) is 10.6. The normalized spacial score (nSPS) is 13.1. The molecule has 0 unspecified atom stereocenters. The summed E-state index contributed by atoms with van der Waals surface area (Å²) < 4.78 is 4.98. The van der Waals surface area contributed by atoms with Crippen LogP contribution in [0, 0.1) is 0 Å². The molecule has 1 aromatic rings. The summed E-state index contributed by atoms with van der Waals surface area (Å²) in [6.45, 7) is 4.51. The van der Waals surface area contributed by atoms with Gasteiger partial charge in [0.15, 0.2) is 5.78 Å². The Labute approximate surface area is 155 Å². The highest BCUT2D eigenvalue weighted by atomic mass is 32.2. The number of Topliss-reactive ketones (excluding diaryl/α,β-unsaturated/α-hetero) is 1. The zero-order chi connectivity index (χ0) is 18.1. The summed E-state index contributed by atoms with van der Waals surface area (Å²) in [4.78, 5) is 24.7. The van der Waals surface area contributed by atoms with Gasteiger partial charge in [-0.1, -0.05) is 32.3 Å². The molecule has 4 heteroatoms. The van der Waals surface area contributed by atoms with Gasteiger partial charge in [-0.2, -0.15) is 0 Å². The Bertz CT molecular complexity index is 595. The largest absolute Gasteiger partial charge is 0.466 e. The molecule has 0 saturated heterocycles. The molecule has 1 aliphatic carbocycles. The van der Waals surface area contributed by atoms with Crippen molar-refractivity contribution in [1.29, 1.82) is 0 Å². The molecule has 1 aromatic carbocycles. The quantitative estimate of drug-likeness (QED) is 0.301. The van der Waals surface area contributed by atoms with Crippen LogP contribution >= 0.6 is 11.8 Å². The highest BCUT2D eigenvalue weighted by molar-refractivity contribution is 7.99. The van der Waals surface area contributed by atoms with Crippen molar-refractivity contribution in [2.75, 3.05) is 12.4 Å². The summed E-state index contributed by atoms with van der Waals surface area (Å²) in [6.07, 6.45) is 8.91. The summed E-state index contributed by atoms with van der Waals surface area (Å²) in [5.41, 5.74) is 3.53. The summed E-state index contributed by atoms with van der Waals surface area (Å²) in [7, 11) is 0. The number of benzene rings is 1. The van der Waals surface area contributed by atoms with Crippen LogP contribution in [0.1, 0.15) is 80.3 Å². The topological polar surface area (TPSA) is 43.4 Å². The summed E-state index contributed by atoms with van der Waals surface area (Å²) >= 11 is 1.78. The average molecular weight is 363 g/mol. The van der Waals surface area contributed by atoms with Gasteiger partial charge < -0.3 is 4.74 Å². The van der Waals surface area contributed by atoms with Gasteiger partial charge in [0.2, 0.25) is 0 Å².